The van der Waals surface area contributed by atoms with E-state index in [-0.39, 0.29) is 6.10 Å². The monoisotopic (exact) mass is 207 g/mol. The third-order valence-corrected chi connectivity index (χ3v) is 2.85. The van der Waals surface area contributed by atoms with Crippen LogP contribution < -0.4 is 10.6 Å². The van der Waals surface area contributed by atoms with Crippen LogP contribution in [0.25, 0.3) is 0 Å². The Morgan fingerprint density at radius 1 is 1.40 bits per heavy atom. The topological polar surface area (TPSA) is 62.4 Å². The van der Waals surface area contributed by atoms with Crippen molar-refractivity contribution in [2.45, 2.75) is 25.5 Å². The Morgan fingerprint density at radius 3 is 2.67 bits per heavy atom. The van der Waals surface area contributed by atoms with E-state index in [4.69, 9.17) is 5.73 Å². The molecule has 0 saturated carbocycles. The Labute approximate surface area is 89.7 Å². The highest BCUT2D eigenvalue weighted by molar-refractivity contribution is 5.44. The summed E-state index contributed by atoms with van der Waals surface area (Å²) < 4.78 is 0. The van der Waals surface area contributed by atoms with E-state index < -0.39 is 0 Å². The fourth-order valence-electron chi connectivity index (χ4n) is 1.85. The first-order valence-corrected chi connectivity index (χ1v) is 5.37. The van der Waals surface area contributed by atoms with E-state index in [1.54, 1.807) is 0 Å². The average molecular weight is 207 g/mol. The van der Waals surface area contributed by atoms with Crippen LogP contribution in [0.4, 0.5) is 5.69 Å². The zero-order chi connectivity index (χ0) is 10.7. The highest BCUT2D eigenvalue weighted by atomic mass is 16.3. The Morgan fingerprint density at radius 2 is 2.13 bits per heavy atom. The number of piperidine rings is 1. The van der Waals surface area contributed by atoms with Crippen molar-refractivity contribution in [3.8, 4) is 0 Å². The van der Waals surface area contributed by atoms with Gasteiger partial charge in [0, 0.05) is 19.6 Å². The maximum Gasteiger partial charge on any atom is 0.0574 e. The third kappa shape index (κ3) is 2.46. The first-order chi connectivity index (χ1) is 7.29. The van der Waals surface area contributed by atoms with Gasteiger partial charge in [-0.3, -0.25) is 4.98 Å². The lowest BCUT2D eigenvalue weighted by Crippen LogP contribution is -2.35. The van der Waals surface area contributed by atoms with Crippen molar-refractivity contribution in [1.29, 1.82) is 0 Å². The summed E-state index contributed by atoms with van der Waals surface area (Å²) in [5, 5.41) is 9.40. The number of aromatic nitrogens is 1. The van der Waals surface area contributed by atoms with Crippen molar-refractivity contribution in [2.24, 2.45) is 5.73 Å². The predicted molar refractivity (Wildman–Crippen MR) is 59.6 cm³/mol. The summed E-state index contributed by atoms with van der Waals surface area (Å²) >= 11 is 0. The van der Waals surface area contributed by atoms with Gasteiger partial charge in [0.25, 0.3) is 0 Å². The van der Waals surface area contributed by atoms with Crippen LogP contribution in [0.1, 0.15) is 18.5 Å². The maximum absolute atomic E-state index is 9.40. The molecule has 2 rings (SSSR count). The number of pyridine rings is 1. The first-order valence-electron chi connectivity index (χ1n) is 5.37. The van der Waals surface area contributed by atoms with Crippen molar-refractivity contribution < 1.29 is 5.11 Å². The smallest absolute Gasteiger partial charge is 0.0574 e. The van der Waals surface area contributed by atoms with Crippen molar-refractivity contribution in [3.63, 3.8) is 0 Å². The quantitative estimate of drug-likeness (QED) is 0.741. The number of nitrogens with zero attached hydrogens (tertiary/aromatic N) is 2. The fourth-order valence-corrected chi connectivity index (χ4v) is 1.85. The zero-order valence-corrected chi connectivity index (χ0v) is 8.76. The summed E-state index contributed by atoms with van der Waals surface area (Å²) in [4.78, 5) is 6.51. The van der Waals surface area contributed by atoms with Crippen LogP contribution in [0.15, 0.2) is 18.3 Å². The van der Waals surface area contributed by atoms with Crippen LogP contribution in [0, 0.1) is 0 Å². The molecule has 0 amide bonds. The second-order valence-corrected chi connectivity index (χ2v) is 3.93. The molecule has 1 aromatic rings. The Kier molecular flexibility index (Phi) is 3.18. The van der Waals surface area contributed by atoms with Crippen molar-refractivity contribution in [3.05, 3.63) is 24.0 Å². The largest absolute Gasteiger partial charge is 0.393 e. The van der Waals surface area contributed by atoms with Gasteiger partial charge in [-0.1, -0.05) is 0 Å². The number of hydrogen-bond donors (Lipinski definition) is 2. The van der Waals surface area contributed by atoms with Gasteiger partial charge in [-0.05, 0) is 25.0 Å². The Balaban J connectivity index is 2.03. The van der Waals surface area contributed by atoms with E-state index in [0.717, 1.165) is 37.3 Å². The molecule has 4 heteroatoms. The van der Waals surface area contributed by atoms with Gasteiger partial charge in [0.1, 0.15) is 0 Å². The summed E-state index contributed by atoms with van der Waals surface area (Å²) in [5.41, 5.74) is 7.52. The molecule has 2 heterocycles. The molecule has 0 atom stereocenters. The number of aliphatic hydroxyl groups excluding tert-OH is 1. The molecule has 0 bridgehead atoms. The van der Waals surface area contributed by atoms with E-state index in [2.05, 4.69) is 9.88 Å². The van der Waals surface area contributed by atoms with Crippen molar-refractivity contribution >= 4 is 5.69 Å². The van der Waals surface area contributed by atoms with Crippen molar-refractivity contribution in [1.82, 2.24) is 4.98 Å². The van der Waals surface area contributed by atoms with Gasteiger partial charge in [-0.2, -0.15) is 0 Å². The van der Waals surface area contributed by atoms with E-state index >= 15 is 0 Å². The van der Waals surface area contributed by atoms with Gasteiger partial charge in [0.2, 0.25) is 0 Å². The van der Waals surface area contributed by atoms with Crippen LogP contribution in [0.2, 0.25) is 0 Å². The summed E-state index contributed by atoms with van der Waals surface area (Å²) in [7, 11) is 0. The highest BCUT2D eigenvalue weighted by Gasteiger charge is 2.17. The number of rotatable bonds is 2. The van der Waals surface area contributed by atoms with Crippen LogP contribution in [-0.2, 0) is 6.54 Å². The van der Waals surface area contributed by atoms with Gasteiger partial charge < -0.3 is 15.7 Å². The minimum Gasteiger partial charge on any atom is -0.393 e. The zero-order valence-electron chi connectivity index (χ0n) is 8.76. The van der Waals surface area contributed by atoms with E-state index in [0.29, 0.717) is 6.54 Å². The van der Waals surface area contributed by atoms with Crippen molar-refractivity contribution in [2.75, 3.05) is 18.0 Å². The lowest BCUT2D eigenvalue weighted by molar-refractivity contribution is 0.145. The molecule has 3 N–H and O–H groups in total. The minimum absolute atomic E-state index is 0.127. The summed E-state index contributed by atoms with van der Waals surface area (Å²) in [6.45, 7) is 2.30. The minimum atomic E-state index is -0.127. The number of anilines is 1. The number of aliphatic hydroxyl groups is 1. The molecule has 0 unspecified atom stereocenters. The molecule has 1 aliphatic rings. The average Bonchev–Trinajstić information content (AvgIpc) is 2.30. The number of nitrogens with two attached hydrogens (primary N) is 1. The van der Waals surface area contributed by atoms with Gasteiger partial charge in [-0.15, -0.1) is 0 Å². The fraction of sp³-hybridized carbons (Fsp3) is 0.545. The molecule has 0 aromatic carbocycles. The lowest BCUT2D eigenvalue weighted by Gasteiger charge is -2.31. The highest BCUT2D eigenvalue weighted by Crippen LogP contribution is 2.18. The molecular formula is C11H17N3O. The molecule has 15 heavy (non-hydrogen) atoms. The molecule has 1 saturated heterocycles. The van der Waals surface area contributed by atoms with Crippen LogP contribution in [0.3, 0.4) is 0 Å². The molecule has 0 radical (unpaired) electrons. The van der Waals surface area contributed by atoms with Gasteiger partial charge in [-0.25, -0.2) is 0 Å². The second kappa shape index (κ2) is 4.59. The summed E-state index contributed by atoms with van der Waals surface area (Å²) in [6, 6.07) is 4.01. The first kappa shape index (κ1) is 10.4. The van der Waals surface area contributed by atoms with Gasteiger partial charge in [0.15, 0.2) is 0 Å². The van der Waals surface area contributed by atoms with Crippen LogP contribution >= 0.6 is 0 Å². The molecule has 1 aliphatic heterocycles. The van der Waals surface area contributed by atoms with Crippen LogP contribution in [0.5, 0.6) is 0 Å². The SMILES string of the molecule is NCc1ccc(N2CCC(O)CC2)cn1. The standard InChI is InChI=1S/C11H17N3O/c12-7-9-1-2-10(8-13-9)14-5-3-11(15)4-6-14/h1-2,8,11,15H,3-7,12H2. The van der Waals surface area contributed by atoms with E-state index in [1.165, 1.54) is 0 Å². The number of hydrogen-bond acceptors (Lipinski definition) is 4. The van der Waals surface area contributed by atoms with E-state index in [9.17, 15) is 5.11 Å². The third-order valence-electron chi connectivity index (χ3n) is 2.85. The van der Waals surface area contributed by atoms with Gasteiger partial charge >= 0.3 is 0 Å². The summed E-state index contributed by atoms with van der Waals surface area (Å²) in [6.07, 6.45) is 3.43. The molecule has 1 aromatic heterocycles. The molecular weight excluding hydrogens is 190 g/mol. The Bertz CT molecular complexity index is 304. The lowest BCUT2D eigenvalue weighted by atomic mass is 10.1. The second-order valence-electron chi connectivity index (χ2n) is 3.93. The maximum atomic E-state index is 9.40. The predicted octanol–water partition coefficient (Wildman–Crippen LogP) is 0.501. The van der Waals surface area contributed by atoms with E-state index in [1.807, 2.05) is 18.3 Å². The molecule has 1 fully saturated rings. The molecule has 82 valence electrons. The molecule has 0 spiro atoms. The Hall–Kier alpha value is -1.13. The van der Waals surface area contributed by atoms with Gasteiger partial charge in [0.05, 0.1) is 23.7 Å². The summed E-state index contributed by atoms with van der Waals surface area (Å²) in [5.74, 6) is 0. The normalized spacial score (nSPS) is 18.1. The molecule has 4 nitrogen and oxygen atoms in total. The van der Waals surface area contributed by atoms with Crippen LogP contribution in [-0.4, -0.2) is 29.3 Å². The molecule has 0 aliphatic carbocycles.